The molecule has 21 nitrogen and oxygen atoms in total. The van der Waals surface area contributed by atoms with E-state index in [9.17, 15) is 47.1 Å². The van der Waals surface area contributed by atoms with Gasteiger partial charge in [0.1, 0.15) is 30.5 Å². The van der Waals surface area contributed by atoms with Gasteiger partial charge in [0, 0.05) is 42.5 Å². The van der Waals surface area contributed by atoms with Crippen LogP contribution in [-0.2, 0) is 74.5 Å². The maximum absolute atomic E-state index is 14.0. The standard InChI is InChI=1S/C54H67N7O14S/c1-3-5-20-44(51(66)60-47(31-49(63)64)53(68)73-28-27-36-15-9-7-10-16-36)56-33-40(30-39-32-55-43-22-14-13-19-42(39)43)58-48(62)34-57-50(65)45(21-6-4-2)59-52(67)46(61-54(69)74-35-38-17-11-8-12-18-38)29-37-23-25-41(26-24-37)75-76(70,71)72/h7-19,22-26,32,40,44-47,55-56H,3-6,20-21,27-31,33-35H2,1-2H3,(H,57,65)(H,58,62)(H,59,67)(H,60,66)(H,61,69)(H,63,64)(H,70,71,72)/t40-,44-,45-,46-,47-/m0/s1. The minimum atomic E-state index is -4.81. The Kier molecular flexibility index (Phi) is 23.7. The quantitative estimate of drug-likeness (QED) is 0.0210. The zero-order chi connectivity index (χ0) is 54.9. The van der Waals surface area contributed by atoms with E-state index in [1.807, 2.05) is 74.6 Å². The number of carboxylic acid groups (broad SMARTS) is 1. The lowest BCUT2D eigenvalue weighted by atomic mass is 10.0. The molecule has 0 spiro atoms. The van der Waals surface area contributed by atoms with Crippen LogP contribution in [0.25, 0.3) is 10.9 Å². The number of alkyl carbamates (subject to hydrolysis) is 1. The average molecular weight is 1070 g/mol. The summed E-state index contributed by atoms with van der Waals surface area (Å²) in [5, 5.41) is 27.2. The monoisotopic (exact) mass is 1070 g/mol. The number of nitrogens with one attached hydrogen (secondary N) is 7. The van der Waals surface area contributed by atoms with Crippen molar-refractivity contribution in [2.45, 2.75) is 115 Å². The highest BCUT2D eigenvalue weighted by molar-refractivity contribution is 7.81. The predicted molar refractivity (Wildman–Crippen MR) is 281 cm³/mol. The zero-order valence-corrected chi connectivity index (χ0v) is 43.3. The third-order valence-electron chi connectivity index (χ3n) is 12.0. The van der Waals surface area contributed by atoms with Crippen molar-refractivity contribution in [2.75, 3.05) is 19.7 Å². The fourth-order valence-electron chi connectivity index (χ4n) is 8.09. The van der Waals surface area contributed by atoms with E-state index >= 15 is 0 Å². The molecular formula is C54H67N7O14S. The molecule has 5 atom stereocenters. The van der Waals surface area contributed by atoms with Gasteiger partial charge >= 0.3 is 28.4 Å². The summed E-state index contributed by atoms with van der Waals surface area (Å²) < 4.78 is 46.8. The van der Waals surface area contributed by atoms with Crippen molar-refractivity contribution in [1.29, 1.82) is 0 Å². The lowest BCUT2D eigenvalue weighted by Crippen LogP contribution is -2.56. The van der Waals surface area contributed by atoms with Gasteiger partial charge in [-0.1, -0.05) is 131 Å². The van der Waals surface area contributed by atoms with Crippen molar-refractivity contribution in [3.8, 4) is 5.75 Å². The highest BCUT2D eigenvalue weighted by Gasteiger charge is 2.31. The number of hydrogen-bond acceptors (Lipinski definition) is 13. The molecule has 0 fully saturated rings. The average Bonchev–Trinajstić information content (AvgIpc) is 3.81. The third kappa shape index (κ3) is 20.8. The van der Waals surface area contributed by atoms with Crippen molar-refractivity contribution >= 4 is 63.0 Å². The third-order valence-corrected chi connectivity index (χ3v) is 12.4. The van der Waals surface area contributed by atoms with Crippen LogP contribution in [0.15, 0.2) is 115 Å². The van der Waals surface area contributed by atoms with E-state index in [-0.39, 0.29) is 44.8 Å². The molecule has 4 aromatic carbocycles. The van der Waals surface area contributed by atoms with Crippen LogP contribution in [0.3, 0.4) is 0 Å². The van der Waals surface area contributed by atoms with Crippen LogP contribution in [0.4, 0.5) is 4.79 Å². The number of aromatic nitrogens is 1. The number of benzene rings is 4. The van der Waals surface area contributed by atoms with Gasteiger partial charge in [-0.25, -0.2) is 9.59 Å². The van der Waals surface area contributed by atoms with E-state index in [1.54, 1.807) is 30.3 Å². The van der Waals surface area contributed by atoms with E-state index < -0.39 is 95.2 Å². The first-order chi connectivity index (χ1) is 36.5. The molecule has 22 heteroatoms. The summed E-state index contributed by atoms with van der Waals surface area (Å²) in [4.78, 5) is 96.9. The molecular weight excluding hydrogens is 1000 g/mol. The first-order valence-electron chi connectivity index (χ1n) is 25.1. The normalized spacial score (nSPS) is 13.2. The van der Waals surface area contributed by atoms with Crippen molar-refractivity contribution < 1.29 is 65.3 Å². The van der Waals surface area contributed by atoms with Gasteiger partial charge in [0.25, 0.3) is 0 Å². The number of carboxylic acids is 1. The highest BCUT2D eigenvalue weighted by atomic mass is 32.3. The lowest BCUT2D eigenvalue weighted by Gasteiger charge is -2.26. The molecule has 0 radical (unpaired) electrons. The zero-order valence-electron chi connectivity index (χ0n) is 42.5. The van der Waals surface area contributed by atoms with Gasteiger partial charge in [-0.3, -0.25) is 28.5 Å². The van der Waals surface area contributed by atoms with Crippen molar-refractivity contribution in [2.24, 2.45) is 0 Å². The SMILES string of the molecule is CCCC[C@H](NC[C@H](Cc1c[nH]c2ccccc12)NC(=O)CNC(=O)[C@H](CCCC)NC(=O)[C@H](Cc1ccc(OS(=O)(=O)O)cc1)NC(=O)OCc1ccccc1)C(=O)N[C@@H](CC(=O)O)C(=O)OCCc1ccccc1. The number of amides is 5. The summed E-state index contributed by atoms with van der Waals surface area (Å²) in [5.74, 6) is -5.10. The molecule has 0 unspecified atom stereocenters. The molecule has 76 heavy (non-hydrogen) atoms. The van der Waals surface area contributed by atoms with Crippen LogP contribution in [0.1, 0.15) is 81.0 Å². The molecule has 0 aliphatic rings. The molecule has 0 saturated heterocycles. The second-order valence-electron chi connectivity index (χ2n) is 18.0. The topological polar surface area (TPSA) is 310 Å². The van der Waals surface area contributed by atoms with E-state index in [0.717, 1.165) is 22.0 Å². The number of esters is 1. The van der Waals surface area contributed by atoms with Crippen molar-refractivity contribution in [3.05, 3.63) is 138 Å². The molecule has 9 N–H and O–H groups in total. The molecule has 1 heterocycles. The Morgan fingerprint density at radius 3 is 1.92 bits per heavy atom. The van der Waals surface area contributed by atoms with Crippen LogP contribution < -0.4 is 36.1 Å². The summed E-state index contributed by atoms with van der Waals surface area (Å²) in [6.45, 7) is 3.20. The largest absolute Gasteiger partial charge is 0.481 e. The second-order valence-corrected chi connectivity index (χ2v) is 19.1. The maximum Gasteiger partial charge on any atom is 0.446 e. The maximum atomic E-state index is 14.0. The molecule has 0 aliphatic heterocycles. The van der Waals surface area contributed by atoms with Crippen LogP contribution >= 0.6 is 0 Å². The van der Waals surface area contributed by atoms with E-state index in [2.05, 4.69) is 41.1 Å². The Morgan fingerprint density at radius 1 is 0.645 bits per heavy atom. The molecule has 1 aromatic heterocycles. The summed E-state index contributed by atoms with van der Waals surface area (Å²) in [6.07, 6.45) is 3.58. The second kappa shape index (κ2) is 30.5. The van der Waals surface area contributed by atoms with Gasteiger partial charge in [0.15, 0.2) is 0 Å². The Bertz CT molecular complexity index is 2800. The van der Waals surface area contributed by atoms with Gasteiger partial charge in [0.05, 0.1) is 25.6 Å². The first-order valence-corrected chi connectivity index (χ1v) is 26.5. The van der Waals surface area contributed by atoms with E-state index in [4.69, 9.17) is 14.0 Å². The Hall–Kier alpha value is -7.82. The first kappa shape index (κ1) is 59.1. The van der Waals surface area contributed by atoms with Gasteiger partial charge in [0.2, 0.25) is 23.6 Å². The summed E-state index contributed by atoms with van der Waals surface area (Å²) >= 11 is 0. The summed E-state index contributed by atoms with van der Waals surface area (Å²) in [6, 6.07) is 25.4. The number of fused-ring (bicyclic) bond motifs is 1. The Labute approximate surface area is 441 Å². The molecule has 0 aliphatic carbocycles. The minimum Gasteiger partial charge on any atom is -0.481 e. The number of carbonyl (C=O) groups excluding carboxylic acids is 6. The number of H-pyrrole nitrogens is 1. The van der Waals surface area contributed by atoms with Gasteiger partial charge in [-0.2, -0.15) is 8.42 Å². The fraction of sp³-hybridized carbons (Fsp3) is 0.389. The molecule has 5 aromatic rings. The number of para-hydroxylation sites is 1. The number of aromatic amines is 1. The highest BCUT2D eigenvalue weighted by Crippen LogP contribution is 2.20. The van der Waals surface area contributed by atoms with Crippen LogP contribution in [0, 0.1) is 0 Å². The van der Waals surface area contributed by atoms with Crippen LogP contribution in [0.2, 0.25) is 0 Å². The summed E-state index contributed by atoms with van der Waals surface area (Å²) in [7, 11) is -4.81. The van der Waals surface area contributed by atoms with Crippen molar-refractivity contribution in [3.63, 3.8) is 0 Å². The molecule has 0 saturated carbocycles. The lowest BCUT2D eigenvalue weighted by molar-refractivity contribution is -0.151. The minimum absolute atomic E-state index is 0.0263. The van der Waals surface area contributed by atoms with Gasteiger partial charge < -0.3 is 55.6 Å². The number of aliphatic carboxylic acids is 1. The summed E-state index contributed by atoms with van der Waals surface area (Å²) in [5.41, 5.74) is 3.73. The number of hydrogen-bond donors (Lipinski definition) is 9. The smallest absolute Gasteiger partial charge is 0.446 e. The molecule has 5 rings (SSSR count). The predicted octanol–water partition coefficient (Wildman–Crippen LogP) is 4.60. The van der Waals surface area contributed by atoms with E-state index in [1.165, 1.54) is 24.3 Å². The Balaban J connectivity index is 1.27. The van der Waals surface area contributed by atoms with Gasteiger partial charge in [-0.05, 0) is 59.7 Å². The van der Waals surface area contributed by atoms with Crippen molar-refractivity contribution in [1.82, 2.24) is 36.9 Å². The number of ether oxygens (including phenoxy) is 2. The fourth-order valence-corrected chi connectivity index (χ4v) is 8.44. The number of unbranched alkanes of at least 4 members (excludes halogenated alkanes) is 2. The molecule has 5 amide bonds. The number of rotatable bonds is 32. The van der Waals surface area contributed by atoms with Crippen LogP contribution in [-0.4, -0.2) is 115 Å². The van der Waals surface area contributed by atoms with E-state index in [0.29, 0.717) is 49.7 Å². The molecule has 408 valence electrons. The van der Waals surface area contributed by atoms with Gasteiger partial charge in [-0.15, -0.1) is 0 Å². The Morgan fingerprint density at radius 2 is 1.26 bits per heavy atom. The van der Waals surface area contributed by atoms with Crippen LogP contribution in [0.5, 0.6) is 5.75 Å². The molecule has 0 bridgehead atoms. The number of carbonyl (C=O) groups is 7.